The van der Waals surface area contributed by atoms with Crippen molar-refractivity contribution in [3.63, 3.8) is 0 Å². The van der Waals surface area contributed by atoms with Gasteiger partial charge in [0.2, 0.25) is 0 Å². The molecule has 0 fully saturated rings. The number of aryl methyl sites for hydroxylation is 1. The molecule has 2 aromatic carbocycles. The zero-order valence-electron chi connectivity index (χ0n) is 15.3. The van der Waals surface area contributed by atoms with E-state index >= 15 is 0 Å². The summed E-state index contributed by atoms with van der Waals surface area (Å²) in [4.78, 5) is 9.10. The van der Waals surface area contributed by atoms with Crippen molar-refractivity contribution in [2.45, 2.75) is 26.3 Å². The second-order valence-corrected chi connectivity index (χ2v) is 7.34. The number of nitrogens with one attached hydrogen (secondary N) is 1. The lowest BCUT2D eigenvalue weighted by atomic mass is 10.1. The quantitative estimate of drug-likeness (QED) is 0.679. The lowest BCUT2D eigenvalue weighted by Crippen LogP contribution is -2.39. The highest BCUT2D eigenvalue weighted by Gasteiger charge is 2.25. The topological polar surface area (TPSA) is 37.3 Å². The summed E-state index contributed by atoms with van der Waals surface area (Å²) < 4.78 is 0. The molecule has 0 amide bonds. The van der Waals surface area contributed by atoms with Crippen LogP contribution >= 0.6 is 0 Å². The van der Waals surface area contributed by atoms with Crippen molar-refractivity contribution in [1.82, 2.24) is 10.3 Å². The highest BCUT2D eigenvalue weighted by atomic mass is 15.1. The molecule has 4 rings (SSSR count). The molecule has 128 valence electrons. The lowest BCUT2D eigenvalue weighted by Gasteiger charge is -2.18. The molecule has 0 radical (unpaired) electrons. The van der Waals surface area contributed by atoms with E-state index in [1.165, 1.54) is 10.9 Å². The fourth-order valence-corrected chi connectivity index (χ4v) is 3.12. The third kappa shape index (κ3) is 3.19. The number of amidine groups is 1. The first-order valence-electron chi connectivity index (χ1n) is 8.81. The van der Waals surface area contributed by atoms with Gasteiger partial charge in [0.25, 0.3) is 0 Å². The molecular formula is C23H21N3. The van der Waals surface area contributed by atoms with Crippen LogP contribution in [-0.2, 0) is 0 Å². The van der Waals surface area contributed by atoms with Gasteiger partial charge in [-0.05, 0) is 49.8 Å². The Morgan fingerprint density at radius 3 is 2.38 bits per heavy atom. The van der Waals surface area contributed by atoms with Gasteiger partial charge >= 0.3 is 0 Å². The van der Waals surface area contributed by atoms with E-state index in [1.54, 1.807) is 0 Å². The zero-order valence-corrected chi connectivity index (χ0v) is 15.3. The van der Waals surface area contributed by atoms with Crippen LogP contribution in [0.1, 0.15) is 36.2 Å². The number of nitrogens with zero attached hydrogens (tertiary/aromatic N) is 2. The van der Waals surface area contributed by atoms with E-state index in [4.69, 9.17) is 0 Å². The largest absolute Gasteiger partial charge is 0.363 e. The number of benzene rings is 2. The number of aliphatic imine (C=N–C) groups is 1. The van der Waals surface area contributed by atoms with Crippen LogP contribution in [-0.4, -0.2) is 22.9 Å². The van der Waals surface area contributed by atoms with Crippen LogP contribution in [0.15, 0.2) is 59.7 Å². The standard InChI is InChI=1S/C23H21N3/c1-16-14-24-21(20-7-5-4-6-19(16)20)13-10-17-8-11-18(12-9-17)22-25-15-23(2,3)26-22/h4-9,11-12,14H,15H2,1-3H3,(H,25,26). The van der Waals surface area contributed by atoms with Gasteiger partial charge in [-0.3, -0.25) is 4.99 Å². The maximum Gasteiger partial charge on any atom is 0.128 e. The van der Waals surface area contributed by atoms with Crippen molar-refractivity contribution in [3.8, 4) is 11.8 Å². The summed E-state index contributed by atoms with van der Waals surface area (Å²) in [7, 11) is 0. The third-order valence-electron chi connectivity index (χ3n) is 4.57. The molecule has 3 heteroatoms. The van der Waals surface area contributed by atoms with Gasteiger partial charge in [0.15, 0.2) is 0 Å². The maximum absolute atomic E-state index is 4.58. The van der Waals surface area contributed by atoms with E-state index in [0.717, 1.165) is 34.6 Å². The van der Waals surface area contributed by atoms with Gasteiger partial charge in [-0.2, -0.15) is 0 Å². The van der Waals surface area contributed by atoms with Gasteiger partial charge in [-0.25, -0.2) is 4.98 Å². The average Bonchev–Trinajstić information content (AvgIpc) is 3.02. The highest BCUT2D eigenvalue weighted by Crippen LogP contribution is 2.20. The molecule has 2 heterocycles. The first-order valence-corrected chi connectivity index (χ1v) is 8.81. The minimum Gasteiger partial charge on any atom is -0.363 e. The van der Waals surface area contributed by atoms with Gasteiger partial charge in [-0.15, -0.1) is 0 Å². The monoisotopic (exact) mass is 339 g/mol. The molecule has 1 aliphatic heterocycles. The number of hydrogen-bond acceptors (Lipinski definition) is 3. The number of fused-ring (bicyclic) bond motifs is 1. The number of hydrogen-bond donors (Lipinski definition) is 1. The van der Waals surface area contributed by atoms with E-state index in [-0.39, 0.29) is 5.54 Å². The molecule has 3 nitrogen and oxygen atoms in total. The van der Waals surface area contributed by atoms with Gasteiger partial charge in [0.1, 0.15) is 11.5 Å². The summed E-state index contributed by atoms with van der Waals surface area (Å²) in [6.45, 7) is 7.19. The number of aromatic nitrogens is 1. The third-order valence-corrected chi connectivity index (χ3v) is 4.57. The van der Waals surface area contributed by atoms with Crippen molar-refractivity contribution in [3.05, 3.63) is 77.1 Å². The molecule has 0 saturated heterocycles. The van der Waals surface area contributed by atoms with Gasteiger partial charge in [0.05, 0.1) is 12.1 Å². The Balaban J connectivity index is 1.61. The summed E-state index contributed by atoms with van der Waals surface area (Å²) in [5.41, 5.74) is 4.09. The summed E-state index contributed by atoms with van der Waals surface area (Å²) in [6.07, 6.45) is 1.89. The average molecular weight is 339 g/mol. The Bertz CT molecular complexity index is 1060. The molecule has 1 aliphatic rings. The van der Waals surface area contributed by atoms with Crippen molar-refractivity contribution >= 4 is 16.6 Å². The van der Waals surface area contributed by atoms with Crippen molar-refractivity contribution < 1.29 is 0 Å². The number of pyridine rings is 1. The molecule has 3 aromatic rings. The van der Waals surface area contributed by atoms with Crippen molar-refractivity contribution in [2.24, 2.45) is 4.99 Å². The predicted molar refractivity (Wildman–Crippen MR) is 108 cm³/mol. The minimum atomic E-state index is 0.0337. The predicted octanol–water partition coefficient (Wildman–Crippen LogP) is 4.07. The van der Waals surface area contributed by atoms with Crippen LogP contribution in [0, 0.1) is 18.8 Å². The van der Waals surface area contributed by atoms with Gasteiger partial charge in [-0.1, -0.05) is 42.3 Å². The first kappa shape index (κ1) is 16.4. The maximum atomic E-state index is 4.58. The van der Waals surface area contributed by atoms with E-state index in [1.807, 2.05) is 30.5 Å². The Labute approximate surface area is 154 Å². The summed E-state index contributed by atoms with van der Waals surface area (Å²) in [6, 6.07) is 16.5. The fourth-order valence-electron chi connectivity index (χ4n) is 3.12. The molecule has 0 saturated carbocycles. The van der Waals surface area contributed by atoms with E-state index in [0.29, 0.717) is 0 Å². The molecule has 1 N–H and O–H groups in total. The summed E-state index contributed by atoms with van der Waals surface area (Å²) >= 11 is 0. The number of rotatable bonds is 1. The second-order valence-electron chi connectivity index (χ2n) is 7.34. The van der Waals surface area contributed by atoms with E-state index < -0.39 is 0 Å². The molecule has 26 heavy (non-hydrogen) atoms. The van der Waals surface area contributed by atoms with Crippen molar-refractivity contribution in [2.75, 3.05) is 6.54 Å². The Kier molecular flexibility index (Phi) is 3.97. The molecule has 0 spiro atoms. The van der Waals surface area contributed by atoms with E-state index in [9.17, 15) is 0 Å². The van der Waals surface area contributed by atoms with Crippen LogP contribution in [0.3, 0.4) is 0 Å². The molecular weight excluding hydrogens is 318 g/mol. The second kappa shape index (κ2) is 6.31. The van der Waals surface area contributed by atoms with Gasteiger partial charge in [0, 0.05) is 22.7 Å². The Morgan fingerprint density at radius 2 is 1.69 bits per heavy atom. The smallest absolute Gasteiger partial charge is 0.128 e. The molecule has 1 aromatic heterocycles. The van der Waals surface area contributed by atoms with Crippen LogP contribution in [0.5, 0.6) is 0 Å². The normalized spacial score (nSPS) is 15.1. The SMILES string of the molecule is Cc1cnc(C#Cc2ccc(C3=NCC(C)(C)N3)cc2)c2ccccc12. The van der Waals surface area contributed by atoms with Crippen LogP contribution in [0.2, 0.25) is 0 Å². The fraction of sp³-hybridized carbons (Fsp3) is 0.217. The summed E-state index contributed by atoms with van der Waals surface area (Å²) in [5, 5.41) is 5.76. The van der Waals surface area contributed by atoms with E-state index in [2.05, 4.69) is 72.2 Å². The Hall–Kier alpha value is -3.12. The van der Waals surface area contributed by atoms with Gasteiger partial charge < -0.3 is 5.32 Å². The van der Waals surface area contributed by atoms with Crippen LogP contribution in [0.25, 0.3) is 10.8 Å². The Morgan fingerprint density at radius 1 is 0.962 bits per heavy atom. The first-order chi connectivity index (χ1) is 12.5. The van der Waals surface area contributed by atoms with Crippen molar-refractivity contribution in [1.29, 1.82) is 0 Å². The molecule has 0 bridgehead atoms. The molecule has 0 aliphatic carbocycles. The van der Waals surface area contributed by atoms with Crippen LogP contribution < -0.4 is 5.32 Å². The molecule has 0 unspecified atom stereocenters. The highest BCUT2D eigenvalue weighted by molar-refractivity contribution is 6.00. The van der Waals surface area contributed by atoms with Crippen LogP contribution in [0.4, 0.5) is 0 Å². The minimum absolute atomic E-state index is 0.0337. The molecule has 0 atom stereocenters. The zero-order chi connectivity index (χ0) is 18.1. The lowest BCUT2D eigenvalue weighted by molar-refractivity contribution is 0.506. The summed E-state index contributed by atoms with van der Waals surface area (Å²) in [5.74, 6) is 7.42.